The lowest BCUT2D eigenvalue weighted by Crippen LogP contribution is -2.24. The molecule has 0 aromatic heterocycles. The van der Waals surface area contributed by atoms with Crippen LogP contribution in [-0.4, -0.2) is 31.0 Å². The first kappa shape index (κ1) is 13.2. The molecule has 16 heavy (non-hydrogen) atoms. The van der Waals surface area contributed by atoms with Crippen molar-refractivity contribution in [2.75, 3.05) is 11.5 Å². The van der Waals surface area contributed by atoms with E-state index in [0.29, 0.717) is 12.8 Å². The first-order chi connectivity index (χ1) is 7.32. The summed E-state index contributed by atoms with van der Waals surface area (Å²) in [6.07, 6.45) is 2.78. The van der Waals surface area contributed by atoms with Gasteiger partial charge in [-0.05, 0) is 32.6 Å². The van der Waals surface area contributed by atoms with Crippen molar-refractivity contribution in [2.45, 2.75) is 26.7 Å². The molecule has 92 valence electrons. The zero-order chi connectivity index (χ0) is 12.3. The Balaban J connectivity index is 2.72. The van der Waals surface area contributed by atoms with Crippen LogP contribution in [-0.2, 0) is 14.6 Å². The fraction of sp³-hybridized carbons (Fsp3) is 0.727. The van der Waals surface area contributed by atoms with E-state index in [1.54, 1.807) is 0 Å². The first-order valence-corrected chi connectivity index (χ1v) is 7.20. The van der Waals surface area contributed by atoms with E-state index >= 15 is 0 Å². The molecule has 1 saturated heterocycles. The maximum atomic E-state index is 11.3. The summed E-state index contributed by atoms with van der Waals surface area (Å²) in [6.45, 7) is 3.81. The number of carbonyl (C=O) groups is 1. The summed E-state index contributed by atoms with van der Waals surface area (Å²) < 4.78 is 22.6. The van der Waals surface area contributed by atoms with E-state index in [1.165, 1.54) is 0 Å². The van der Waals surface area contributed by atoms with E-state index in [1.807, 2.05) is 19.9 Å². The molecule has 1 rings (SSSR count). The molecule has 1 heterocycles. The van der Waals surface area contributed by atoms with Gasteiger partial charge in [-0.2, -0.15) is 0 Å². The van der Waals surface area contributed by atoms with Crippen molar-refractivity contribution in [3.05, 3.63) is 11.6 Å². The molecule has 0 aromatic rings. The summed E-state index contributed by atoms with van der Waals surface area (Å²) in [5, 5.41) is 9.09. The first-order valence-electron chi connectivity index (χ1n) is 5.38. The monoisotopic (exact) mass is 246 g/mol. The fourth-order valence-electron chi connectivity index (χ4n) is 2.00. The third-order valence-electron chi connectivity index (χ3n) is 2.93. The van der Waals surface area contributed by atoms with Gasteiger partial charge in [0.05, 0.1) is 17.4 Å². The second kappa shape index (κ2) is 4.99. The van der Waals surface area contributed by atoms with Gasteiger partial charge in [0.25, 0.3) is 0 Å². The molecule has 1 aliphatic heterocycles. The van der Waals surface area contributed by atoms with E-state index in [-0.39, 0.29) is 17.4 Å². The smallest absolute Gasteiger partial charge is 0.307 e. The van der Waals surface area contributed by atoms with Crippen molar-refractivity contribution in [1.29, 1.82) is 0 Å². The Hall–Kier alpha value is -0.840. The molecule has 0 bridgehead atoms. The predicted molar refractivity (Wildman–Crippen MR) is 61.9 cm³/mol. The van der Waals surface area contributed by atoms with Crippen molar-refractivity contribution in [2.24, 2.45) is 11.8 Å². The SMILES string of the molecule is CC(C)=CCC(C(=O)O)C1CCS(=O)(=O)C1. The highest BCUT2D eigenvalue weighted by atomic mass is 32.2. The minimum atomic E-state index is -3.00. The molecule has 0 spiro atoms. The lowest BCUT2D eigenvalue weighted by Gasteiger charge is -2.16. The Morgan fingerprint density at radius 3 is 2.50 bits per heavy atom. The highest BCUT2D eigenvalue weighted by molar-refractivity contribution is 7.91. The van der Waals surface area contributed by atoms with Crippen LogP contribution >= 0.6 is 0 Å². The van der Waals surface area contributed by atoms with Gasteiger partial charge >= 0.3 is 5.97 Å². The lowest BCUT2D eigenvalue weighted by atomic mass is 9.88. The zero-order valence-corrected chi connectivity index (χ0v) is 10.5. The molecule has 2 atom stereocenters. The molecule has 1 aliphatic rings. The molecule has 0 aliphatic carbocycles. The number of sulfone groups is 1. The zero-order valence-electron chi connectivity index (χ0n) is 9.64. The van der Waals surface area contributed by atoms with Crippen LogP contribution in [0.25, 0.3) is 0 Å². The van der Waals surface area contributed by atoms with Gasteiger partial charge in [0, 0.05) is 0 Å². The molecule has 5 heteroatoms. The third kappa shape index (κ3) is 3.63. The Bertz CT molecular complexity index is 390. The van der Waals surface area contributed by atoms with Gasteiger partial charge in [-0.3, -0.25) is 4.79 Å². The maximum Gasteiger partial charge on any atom is 0.307 e. The number of allylic oxidation sites excluding steroid dienone is 2. The van der Waals surface area contributed by atoms with E-state index in [4.69, 9.17) is 5.11 Å². The van der Waals surface area contributed by atoms with Crippen molar-refractivity contribution in [1.82, 2.24) is 0 Å². The largest absolute Gasteiger partial charge is 0.481 e. The van der Waals surface area contributed by atoms with Gasteiger partial charge in [0.2, 0.25) is 0 Å². The number of rotatable bonds is 4. The van der Waals surface area contributed by atoms with Crippen molar-refractivity contribution in [3.8, 4) is 0 Å². The lowest BCUT2D eigenvalue weighted by molar-refractivity contribution is -0.143. The van der Waals surface area contributed by atoms with Crippen LogP contribution in [0.2, 0.25) is 0 Å². The topological polar surface area (TPSA) is 71.4 Å². The molecule has 0 aromatic carbocycles. The van der Waals surface area contributed by atoms with Gasteiger partial charge < -0.3 is 5.11 Å². The summed E-state index contributed by atoms with van der Waals surface area (Å²) in [4.78, 5) is 11.1. The summed E-state index contributed by atoms with van der Waals surface area (Å²) in [5.41, 5.74) is 1.06. The highest BCUT2D eigenvalue weighted by Crippen LogP contribution is 2.29. The van der Waals surface area contributed by atoms with Crippen LogP contribution in [0.1, 0.15) is 26.7 Å². The van der Waals surface area contributed by atoms with Gasteiger partial charge in [-0.15, -0.1) is 0 Å². The van der Waals surface area contributed by atoms with Gasteiger partial charge in [0.15, 0.2) is 9.84 Å². The number of hydrogen-bond acceptors (Lipinski definition) is 3. The van der Waals surface area contributed by atoms with Crippen LogP contribution in [0.5, 0.6) is 0 Å². The van der Waals surface area contributed by atoms with Gasteiger partial charge in [0.1, 0.15) is 0 Å². The van der Waals surface area contributed by atoms with Crippen molar-refractivity contribution < 1.29 is 18.3 Å². The van der Waals surface area contributed by atoms with Crippen molar-refractivity contribution >= 4 is 15.8 Å². The van der Waals surface area contributed by atoms with Crippen LogP contribution in [0, 0.1) is 11.8 Å². The summed E-state index contributed by atoms with van der Waals surface area (Å²) in [6, 6.07) is 0. The highest BCUT2D eigenvalue weighted by Gasteiger charge is 2.36. The quantitative estimate of drug-likeness (QED) is 0.763. The number of aliphatic carboxylic acids is 1. The molecule has 0 radical (unpaired) electrons. The van der Waals surface area contributed by atoms with Gasteiger partial charge in [-0.1, -0.05) is 11.6 Å². The summed E-state index contributed by atoms with van der Waals surface area (Å²) in [7, 11) is -3.00. The molecule has 0 saturated carbocycles. The van der Waals surface area contributed by atoms with Crippen LogP contribution in [0.3, 0.4) is 0 Å². The molecule has 4 nitrogen and oxygen atoms in total. The standard InChI is InChI=1S/C11H18O4S/c1-8(2)3-4-10(11(12)13)9-5-6-16(14,15)7-9/h3,9-10H,4-7H2,1-2H3,(H,12,13). The second-order valence-electron chi connectivity index (χ2n) is 4.63. The van der Waals surface area contributed by atoms with E-state index in [0.717, 1.165) is 5.57 Å². The average molecular weight is 246 g/mol. The Kier molecular flexibility index (Phi) is 4.13. The third-order valence-corrected chi connectivity index (χ3v) is 4.73. The summed E-state index contributed by atoms with van der Waals surface area (Å²) in [5.74, 6) is -1.51. The Labute approximate surface area is 96.3 Å². The van der Waals surface area contributed by atoms with E-state index in [9.17, 15) is 13.2 Å². The number of hydrogen-bond donors (Lipinski definition) is 1. The number of carboxylic acids is 1. The normalized spacial score (nSPS) is 25.0. The molecular formula is C11H18O4S. The molecule has 1 fully saturated rings. The van der Waals surface area contributed by atoms with Gasteiger partial charge in [-0.25, -0.2) is 8.42 Å². The average Bonchev–Trinajstić information content (AvgIpc) is 2.45. The molecule has 0 amide bonds. The minimum Gasteiger partial charge on any atom is -0.481 e. The van der Waals surface area contributed by atoms with Crippen LogP contribution < -0.4 is 0 Å². The van der Waals surface area contributed by atoms with Crippen LogP contribution in [0.4, 0.5) is 0 Å². The minimum absolute atomic E-state index is 0.0283. The van der Waals surface area contributed by atoms with Crippen LogP contribution in [0.15, 0.2) is 11.6 Å². The van der Waals surface area contributed by atoms with Crippen molar-refractivity contribution in [3.63, 3.8) is 0 Å². The Morgan fingerprint density at radius 2 is 2.12 bits per heavy atom. The Morgan fingerprint density at radius 1 is 1.50 bits per heavy atom. The predicted octanol–water partition coefficient (Wildman–Crippen LogP) is 1.48. The van der Waals surface area contributed by atoms with E-state index < -0.39 is 21.7 Å². The molecular weight excluding hydrogens is 228 g/mol. The maximum absolute atomic E-state index is 11.3. The molecule has 2 unspecified atom stereocenters. The molecule has 1 N–H and O–H groups in total. The number of carboxylic acid groups (broad SMARTS) is 1. The summed E-state index contributed by atoms with van der Waals surface area (Å²) >= 11 is 0. The van der Waals surface area contributed by atoms with E-state index in [2.05, 4.69) is 0 Å². The second-order valence-corrected chi connectivity index (χ2v) is 6.85. The fourth-order valence-corrected chi connectivity index (χ4v) is 3.88.